The summed E-state index contributed by atoms with van der Waals surface area (Å²) < 4.78 is 5.04. The van der Waals surface area contributed by atoms with Crippen molar-refractivity contribution in [1.82, 2.24) is 4.98 Å². The number of carbonyl (C=O) groups is 1. The minimum atomic E-state index is -0.621. The van der Waals surface area contributed by atoms with E-state index in [1.807, 2.05) is 0 Å². The van der Waals surface area contributed by atoms with Crippen LogP contribution in [-0.4, -0.2) is 16.7 Å². The van der Waals surface area contributed by atoms with Gasteiger partial charge in [-0.3, -0.25) is 5.32 Å². The molecule has 1 rings (SSSR count). The van der Waals surface area contributed by atoms with Crippen molar-refractivity contribution in [1.29, 1.82) is 0 Å². The SMILES string of the molecule is CC(C)(C)OC(=O)Nc1nc(Cl)ccc1Cl. The third-order valence-corrected chi connectivity index (χ3v) is 1.95. The third-order valence-electron chi connectivity index (χ3n) is 1.43. The second-order valence-electron chi connectivity index (χ2n) is 4.09. The van der Waals surface area contributed by atoms with Crippen LogP contribution in [0.5, 0.6) is 0 Å². The molecule has 4 nitrogen and oxygen atoms in total. The maximum absolute atomic E-state index is 11.4. The van der Waals surface area contributed by atoms with Gasteiger partial charge in [0.15, 0.2) is 5.82 Å². The number of carbonyl (C=O) groups excluding carboxylic acids is 1. The van der Waals surface area contributed by atoms with E-state index in [4.69, 9.17) is 27.9 Å². The smallest absolute Gasteiger partial charge is 0.413 e. The second-order valence-corrected chi connectivity index (χ2v) is 4.89. The zero-order valence-electron chi connectivity index (χ0n) is 9.17. The number of halogens is 2. The van der Waals surface area contributed by atoms with Crippen LogP contribution in [0.25, 0.3) is 0 Å². The molecule has 0 unspecified atom stereocenters. The lowest BCUT2D eigenvalue weighted by Crippen LogP contribution is -2.27. The highest BCUT2D eigenvalue weighted by Crippen LogP contribution is 2.22. The molecule has 0 fully saturated rings. The quantitative estimate of drug-likeness (QED) is 0.785. The second kappa shape index (κ2) is 4.89. The summed E-state index contributed by atoms with van der Waals surface area (Å²) in [6.45, 7) is 5.29. The Bertz CT molecular complexity index is 402. The van der Waals surface area contributed by atoms with Gasteiger partial charge in [-0.05, 0) is 32.9 Å². The van der Waals surface area contributed by atoms with E-state index in [-0.39, 0.29) is 11.0 Å². The molecule has 0 aromatic carbocycles. The Morgan fingerprint density at radius 2 is 2.00 bits per heavy atom. The summed E-state index contributed by atoms with van der Waals surface area (Å²) >= 11 is 11.5. The molecule has 0 aliphatic heterocycles. The highest BCUT2D eigenvalue weighted by atomic mass is 35.5. The molecule has 6 heteroatoms. The molecule has 0 spiro atoms. The van der Waals surface area contributed by atoms with Crippen molar-refractivity contribution >= 4 is 35.1 Å². The van der Waals surface area contributed by atoms with E-state index in [2.05, 4.69) is 10.3 Å². The van der Waals surface area contributed by atoms with Crippen molar-refractivity contribution in [2.75, 3.05) is 5.32 Å². The molecule has 16 heavy (non-hydrogen) atoms. The number of nitrogens with zero attached hydrogens (tertiary/aromatic N) is 1. The Morgan fingerprint density at radius 3 is 2.56 bits per heavy atom. The first kappa shape index (κ1) is 13.1. The van der Waals surface area contributed by atoms with E-state index in [9.17, 15) is 4.79 Å². The first-order chi connectivity index (χ1) is 7.28. The highest BCUT2D eigenvalue weighted by molar-refractivity contribution is 6.34. The van der Waals surface area contributed by atoms with Crippen molar-refractivity contribution in [2.24, 2.45) is 0 Å². The fraction of sp³-hybridized carbons (Fsp3) is 0.400. The zero-order valence-corrected chi connectivity index (χ0v) is 10.7. The van der Waals surface area contributed by atoms with Crippen LogP contribution >= 0.6 is 23.2 Å². The monoisotopic (exact) mass is 262 g/mol. The average molecular weight is 263 g/mol. The van der Waals surface area contributed by atoms with Crippen LogP contribution in [0.4, 0.5) is 10.6 Å². The molecule has 1 heterocycles. The van der Waals surface area contributed by atoms with Crippen molar-refractivity contribution in [2.45, 2.75) is 26.4 Å². The molecule has 0 aliphatic rings. The molecule has 1 N–H and O–H groups in total. The number of hydrogen-bond acceptors (Lipinski definition) is 3. The van der Waals surface area contributed by atoms with Gasteiger partial charge in [0.25, 0.3) is 0 Å². The average Bonchev–Trinajstić information content (AvgIpc) is 2.08. The van der Waals surface area contributed by atoms with Crippen LogP contribution in [0.3, 0.4) is 0 Å². The van der Waals surface area contributed by atoms with Crippen molar-refractivity contribution < 1.29 is 9.53 Å². The Hall–Kier alpha value is -1.000. The normalized spacial score (nSPS) is 11.1. The van der Waals surface area contributed by atoms with Crippen molar-refractivity contribution in [3.05, 3.63) is 22.3 Å². The van der Waals surface area contributed by atoms with E-state index >= 15 is 0 Å². The van der Waals surface area contributed by atoms with E-state index < -0.39 is 11.7 Å². The molecular weight excluding hydrogens is 251 g/mol. The molecule has 0 radical (unpaired) electrons. The fourth-order valence-corrected chi connectivity index (χ4v) is 1.21. The largest absolute Gasteiger partial charge is 0.444 e. The van der Waals surface area contributed by atoms with Crippen LogP contribution in [0.15, 0.2) is 12.1 Å². The zero-order chi connectivity index (χ0) is 12.3. The Kier molecular flexibility index (Phi) is 3.99. The predicted octanol–water partition coefficient (Wildman–Crippen LogP) is 3.74. The molecule has 88 valence electrons. The van der Waals surface area contributed by atoms with Gasteiger partial charge in [0.2, 0.25) is 0 Å². The van der Waals surface area contributed by atoms with Crippen LogP contribution in [-0.2, 0) is 4.74 Å². The summed E-state index contributed by atoms with van der Waals surface area (Å²) in [5.41, 5.74) is -0.574. The van der Waals surface area contributed by atoms with Gasteiger partial charge in [0.1, 0.15) is 10.8 Å². The summed E-state index contributed by atoms with van der Waals surface area (Å²) in [5, 5.41) is 2.97. The summed E-state index contributed by atoms with van der Waals surface area (Å²) in [6.07, 6.45) is -0.621. The highest BCUT2D eigenvalue weighted by Gasteiger charge is 2.17. The van der Waals surface area contributed by atoms with E-state index in [0.29, 0.717) is 5.02 Å². The summed E-state index contributed by atoms with van der Waals surface area (Å²) in [6, 6.07) is 3.08. The molecule has 1 aromatic rings. The van der Waals surface area contributed by atoms with Gasteiger partial charge in [0.05, 0.1) is 5.02 Å². The lowest BCUT2D eigenvalue weighted by Gasteiger charge is -2.19. The van der Waals surface area contributed by atoms with Gasteiger partial charge in [-0.15, -0.1) is 0 Å². The first-order valence-corrected chi connectivity index (χ1v) is 5.35. The van der Waals surface area contributed by atoms with E-state index in [0.717, 1.165) is 0 Å². The van der Waals surface area contributed by atoms with Crippen LogP contribution < -0.4 is 5.32 Å². The lowest BCUT2D eigenvalue weighted by atomic mass is 10.2. The molecule has 0 saturated carbocycles. The van der Waals surface area contributed by atoms with Gasteiger partial charge in [-0.25, -0.2) is 9.78 Å². The Balaban J connectivity index is 2.73. The number of rotatable bonds is 1. The Morgan fingerprint density at radius 1 is 1.38 bits per heavy atom. The first-order valence-electron chi connectivity index (χ1n) is 4.60. The standard InChI is InChI=1S/C10H12Cl2N2O2/c1-10(2,3)16-9(15)14-8-6(11)4-5-7(12)13-8/h4-5H,1-3H3,(H,13,14,15). The van der Waals surface area contributed by atoms with Gasteiger partial charge in [-0.2, -0.15) is 0 Å². The molecule has 0 aliphatic carbocycles. The van der Waals surface area contributed by atoms with Gasteiger partial charge in [-0.1, -0.05) is 23.2 Å². The molecule has 1 amide bonds. The van der Waals surface area contributed by atoms with E-state index in [1.165, 1.54) is 6.07 Å². The van der Waals surface area contributed by atoms with Crippen LogP contribution in [0, 0.1) is 0 Å². The summed E-state index contributed by atoms with van der Waals surface area (Å²) in [4.78, 5) is 15.3. The summed E-state index contributed by atoms with van der Waals surface area (Å²) in [5.74, 6) is 0.184. The number of nitrogens with one attached hydrogen (secondary N) is 1. The minimum Gasteiger partial charge on any atom is -0.444 e. The minimum absolute atomic E-state index is 0.184. The fourth-order valence-electron chi connectivity index (χ4n) is 0.906. The number of amides is 1. The Labute approximate surface area is 104 Å². The number of anilines is 1. The lowest BCUT2D eigenvalue weighted by molar-refractivity contribution is 0.0635. The molecule has 0 bridgehead atoms. The number of aromatic nitrogens is 1. The molecule has 0 atom stereocenters. The molecule has 1 aromatic heterocycles. The number of hydrogen-bond donors (Lipinski definition) is 1. The predicted molar refractivity (Wildman–Crippen MR) is 64.1 cm³/mol. The van der Waals surface area contributed by atoms with Crippen LogP contribution in [0.2, 0.25) is 10.2 Å². The summed E-state index contributed by atoms with van der Waals surface area (Å²) in [7, 11) is 0. The van der Waals surface area contributed by atoms with E-state index in [1.54, 1.807) is 26.8 Å². The van der Waals surface area contributed by atoms with Crippen molar-refractivity contribution in [3.63, 3.8) is 0 Å². The van der Waals surface area contributed by atoms with Gasteiger partial charge < -0.3 is 4.74 Å². The molecule has 0 saturated heterocycles. The molecular formula is C10H12Cl2N2O2. The van der Waals surface area contributed by atoms with Gasteiger partial charge >= 0.3 is 6.09 Å². The van der Waals surface area contributed by atoms with Crippen LogP contribution in [0.1, 0.15) is 20.8 Å². The maximum atomic E-state index is 11.4. The van der Waals surface area contributed by atoms with Crippen molar-refractivity contribution in [3.8, 4) is 0 Å². The van der Waals surface area contributed by atoms with Gasteiger partial charge in [0, 0.05) is 0 Å². The topological polar surface area (TPSA) is 51.2 Å². The number of ether oxygens (including phenoxy) is 1. The third kappa shape index (κ3) is 4.24. The maximum Gasteiger partial charge on any atom is 0.413 e. The number of pyridine rings is 1.